The van der Waals surface area contributed by atoms with E-state index in [9.17, 15) is 9.59 Å². The lowest BCUT2D eigenvalue weighted by Crippen LogP contribution is -2.42. The molecule has 3 N–H and O–H groups in total. The Morgan fingerprint density at radius 2 is 1.74 bits per heavy atom. The molecule has 0 saturated carbocycles. The van der Waals surface area contributed by atoms with Gasteiger partial charge in [-0.05, 0) is 43.0 Å². The Bertz CT molecular complexity index is 519. The van der Waals surface area contributed by atoms with Gasteiger partial charge in [0.2, 0.25) is 0 Å². The number of nitrogens with one attached hydrogen (secondary N) is 1. The third kappa shape index (κ3) is 3.34. The lowest BCUT2D eigenvalue weighted by Gasteiger charge is -2.28. The minimum Gasteiger partial charge on any atom is -0.361 e. The number of primary amides is 1. The van der Waals surface area contributed by atoms with Gasteiger partial charge in [0, 0.05) is 12.0 Å². The molecular formula is C15H22N2O2. The fourth-order valence-corrected chi connectivity index (χ4v) is 2.17. The van der Waals surface area contributed by atoms with Crippen LogP contribution in [0.1, 0.15) is 36.1 Å². The van der Waals surface area contributed by atoms with Crippen LogP contribution in [0.5, 0.6) is 0 Å². The highest BCUT2D eigenvalue weighted by Crippen LogP contribution is 2.28. The molecule has 1 rings (SSSR count). The molecule has 4 heteroatoms. The minimum absolute atomic E-state index is 0.256. The first kappa shape index (κ1) is 15.2. The van der Waals surface area contributed by atoms with Crippen molar-refractivity contribution >= 4 is 11.8 Å². The van der Waals surface area contributed by atoms with Crippen molar-refractivity contribution < 1.29 is 9.59 Å². The highest BCUT2D eigenvalue weighted by molar-refractivity contribution is 6.34. The van der Waals surface area contributed by atoms with Gasteiger partial charge in [-0.15, -0.1) is 0 Å². The van der Waals surface area contributed by atoms with Crippen LogP contribution in [0.2, 0.25) is 0 Å². The van der Waals surface area contributed by atoms with Gasteiger partial charge in [0.05, 0.1) is 0 Å². The second-order valence-electron chi connectivity index (χ2n) is 5.61. The third-order valence-corrected chi connectivity index (χ3v) is 3.70. The van der Waals surface area contributed by atoms with Crippen LogP contribution in [0.15, 0.2) is 12.1 Å². The fraction of sp³-hybridized carbons (Fsp3) is 0.467. The number of hydrogen-bond acceptors (Lipinski definition) is 2. The zero-order chi connectivity index (χ0) is 14.8. The Kier molecular flexibility index (Phi) is 4.35. The first-order valence-corrected chi connectivity index (χ1v) is 6.31. The van der Waals surface area contributed by atoms with E-state index >= 15 is 0 Å². The van der Waals surface area contributed by atoms with Gasteiger partial charge < -0.3 is 11.1 Å². The Morgan fingerprint density at radius 3 is 2.26 bits per heavy atom. The monoisotopic (exact) mass is 262 g/mol. The maximum atomic E-state index is 11.2. The molecule has 0 aliphatic carbocycles. The summed E-state index contributed by atoms with van der Waals surface area (Å²) >= 11 is 0. The van der Waals surface area contributed by atoms with E-state index in [2.05, 4.69) is 38.2 Å². The molecule has 0 radical (unpaired) electrons. The molecule has 1 aromatic rings. The molecule has 0 aromatic heterocycles. The van der Waals surface area contributed by atoms with E-state index in [0.29, 0.717) is 6.54 Å². The standard InChI is InChI=1S/C15H22N2O2/c1-9-6-7-12(11(3)10(9)2)15(4,5)8-17-14(19)13(16)18/h6-7H,8H2,1-5H3,(H2,16,18)(H,17,19). The van der Waals surface area contributed by atoms with Gasteiger partial charge in [-0.2, -0.15) is 0 Å². The van der Waals surface area contributed by atoms with Gasteiger partial charge in [0.25, 0.3) is 0 Å². The summed E-state index contributed by atoms with van der Waals surface area (Å²) in [6.45, 7) is 10.7. The lowest BCUT2D eigenvalue weighted by molar-refractivity contribution is -0.137. The maximum absolute atomic E-state index is 11.2. The molecule has 0 aliphatic heterocycles. The molecule has 0 spiro atoms. The van der Waals surface area contributed by atoms with Crippen molar-refractivity contribution in [2.45, 2.75) is 40.0 Å². The van der Waals surface area contributed by atoms with Crippen molar-refractivity contribution in [3.8, 4) is 0 Å². The van der Waals surface area contributed by atoms with Crippen molar-refractivity contribution in [1.82, 2.24) is 5.32 Å². The van der Waals surface area contributed by atoms with Crippen molar-refractivity contribution in [1.29, 1.82) is 0 Å². The number of hydrogen-bond donors (Lipinski definition) is 2. The van der Waals surface area contributed by atoms with Crippen LogP contribution < -0.4 is 11.1 Å². The second kappa shape index (κ2) is 5.43. The van der Waals surface area contributed by atoms with Crippen molar-refractivity contribution in [2.75, 3.05) is 6.54 Å². The number of carbonyl (C=O) groups is 2. The van der Waals surface area contributed by atoms with Crippen LogP contribution in [0.3, 0.4) is 0 Å². The zero-order valence-electron chi connectivity index (χ0n) is 12.3. The molecule has 0 atom stereocenters. The van der Waals surface area contributed by atoms with Gasteiger partial charge >= 0.3 is 11.8 Å². The number of carbonyl (C=O) groups excluding carboxylic acids is 2. The quantitative estimate of drug-likeness (QED) is 0.810. The van der Waals surface area contributed by atoms with E-state index in [0.717, 1.165) is 0 Å². The largest absolute Gasteiger partial charge is 0.361 e. The zero-order valence-corrected chi connectivity index (χ0v) is 12.3. The van der Waals surface area contributed by atoms with Crippen molar-refractivity contribution in [3.05, 3.63) is 34.4 Å². The molecule has 0 unspecified atom stereocenters. The molecule has 0 heterocycles. The molecule has 2 amide bonds. The van der Waals surface area contributed by atoms with Gasteiger partial charge in [-0.3, -0.25) is 9.59 Å². The summed E-state index contributed by atoms with van der Waals surface area (Å²) in [5.41, 5.74) is 9.56. The molecule has 0 saturated heterocycles. The highest BCUT2D eigenvalue weighted by Gasteiger charge is 2.25. The van der Waals surface area contributed by atoms with Crippen LogP contribution in [0.4, 0.5) is 0 Å². The SMILES string of the molecule is Cc1ccc(C(C)(C)CNC(=O)C(N)=O)c(C)c1C. The molecule has 1 aromatic carbocycles. The predicted molar refractivity (Wildman–Crippen MR) is 75.9 cm³/mol. The third-order valence-electron chi connectivity index (χ3n) is 3.70. The summed E-state index contributed by atoms with van der Waals surface area (Å²) in [6.07, 6.45) is 0. The summed E-state index contributed by atoms with van der Waals surface area (Å²) < 4.78 is 0. The number of amides is 2. The summed E-state index contributed by atoms with van der Waals surface area (Å²) in [4.78, 5) is 22.0. The Labute approximate surface area is 114 Å². The van der Waals surface area contributed by atoms with E-state index in [1.807, 2.05) is 13.8 Å². The maximum Gasteiger partial charge on any atom is 0.309 e. The van der Waals surface area contributed by atoms with Crippen molar-refractivity contribution in [2.24, 2.45) is 5.73 Å². The van der Waals surface area contributed by atoms with E-state index < -0.39 is 11.8 Å². The molecule has 104 valence electrons. The molecular weight excluding hydrogens is 240 g/mol. The average molecular weight is 262 g/mol. The molecule has 0 fully saturated rings. The predicted octanol–water partition coefficient (Wildman–Crippen LogP) is 1.49. The smallest absolute Gasteiger partial charge is 0.309 e. The Balaban J connectivity index is 2.98. The first-order valence-electron chi connectivity index (χ1n) is 6.31. The Morgan fingerprint density at radius 1 is 1.16 bits per heavy atom. The van der Waals surface area contributed by atoms with Crippen LogP contribution in [0.25, 0.3) is 0 Å². The van der Waals surface area contributed by atoms with Gasteiger partial charge in [0.1, 0.15) is 0 Å². The second-order valence-corrected chi connectivity index (χ2v) is 5.61. The topological polar surface area (TPSA) is 72.2 Å². The normalized spacial score (nSPS) is 11.2. The summed E-state index contributed by atoms with van der Waals surface area (Å²) in [7, 11) is 0. The van der Waals surface area contributed by atoms with E-state index in [1.165, 1.54) is 22.3 Å². The minimum atomic E-state index is -0.951. The fourth-order valence-electron chi connectivity index (χ4n) is 2.17. The molecule has 0 bridgehead atoms. The number of nitrogens with two attached hydrogens (primary N) is 1. The average Bonchev–Trinajstić information content (AvgIpc) is 2.32. The van der Waals surface area contributed by atoms with Gasteiger partial charge in [-0.25, -0.2) is 0 Å². The number of aryl methyl sites for hydroxylation is 1. The van der Waals surface area contributed by atoms with Gasteiger partial charge in [0.15, 0.2) is 0 Å². The summed E-state index contributed by atoms with van der Waals surface area (Å²) in [6, 6.07) is 4.16. The number of benzene rings is 1. The van der Waals surface area contributed by atoms with E-state index in [1.54, 1.807) is 0 Å². The lowest BCUT2D eigenvalue weighted by atomic mass is 9.80. The van der Waals surface area contributed by atoms with Crippen molar-refractivity contribution in [3.63, 3.8) is 0 Å². The summed E-state index contributed by atoms with van der Waals surface area (Å²) in [5.74, 6) is -1.69. The van der Waals surface area contributed by atoms with Crippen LogP contribution in [0, 0.1) is 20.8 Å². The van der Waals surface area contributed by atoms with Crippen LogP contribution in [-0.4, -0.2) is 18.4 Å². The van der Waals surface area contributed by atoms with Crippen LogP contribution >= 0.6 is 0 Å². The molecule has 19 heavy (non-hydrogen) atoms. The Hall–Kier alpha value is -1.84. The highest BCUT2D eigenvalue weighted by atomic mass is 16.2. The van der Waals surface area contributed by atoms with E-state index in [4.69, 9.17) is 5.73 Å². The molecule has 0 aliphatic rings. The molecule has 4 nitrogen and oxygen atoms in total. The number of rotatable bonds is 3. The van der Waals surface area contributed by atoms with Gasteiger partial charge in [-0.1, -0.05) is 26.0 Å². The first-order chi connectivity index (χ1) is 8.66. The van der Waals surface area contributed by atoms with E-state index in [-0.39, 0.29) is 5.41 Å². The van der Waals surface area contributed by atoms with Crippen LogP contribution in [-0.2, 0) is 15.0 Å². The summed E-state index contributed by atoms with van der Waals surface area (Å²) in [5, 5.41) is 2.57.